The molecule has 9 heteroatoms. The lowest BCUT2D eigenvalue weighted by Gasteiger charge is -2.24. The van der Waals surface area contributed by atoms with Crippen LogP contribution in [0.4, 0.5) is 0 Å². The Morgan fingerprint density at radius 1 is 1.37 bits per heavy atom. The molecule has 1 aliphatic rings. The molecule has 1 unspecified atom stereocenters. The molecule has 2 aromatic rings. The van der Waals surface area contributed by atoms with E-state index in [2.05, 4.69) is 17.3 Å². The first-order chi connectivity index (χ1) is 11.9. The average Bonchev–Trinajstić information content (AvgIpc) is 3.22. The Morgan fingerprint density at radius 2 is 2.07 bits per heavy atom. The Balaban J connectivity index is 0.00000182. The van der Waals surface area contributed by atoms with Crippen molar-refractivity contribution in [2.75, 3.05) is 27.2 Å². The van der Waals surface area contributed by atoms with Crippen LogP contribution in [0.1, 0.15) is 29.7 Å². The number of aromatic nitrogens is 3. The van der Waals surface area contributed by atoms with E-state index in [1.807, 2.05) is 25.9 Å². The van der Waals surface area contributed by atoms with Crippen LogP contribution in [-0.2, 0) is 18.3 Å². The highest BCUT2D eigenvalue weighted by atomic mass is 35.5. The molecule has 1 N–H and O–H groups in total. The van der Waals surface area contributed by atoms with Crippen molar-refractivity contribution < 1.29 is 9.53 Å². The zero-order chi connectivity index (χ0) is 18.1. The molecule has 1 aliphatic heterocycles. The lowest BCUT2D eigenvalue weighted by atomic mass is 9.99. The zero-order valence-electron chi connectivity index (χ0n) is 16.5. The Bertz CT molecular complexity index is 803. The normalized spacial score (nSPS) is 16.0. The molecular weight excluding hydrogens is 389 g/mol. The Kier molecular flexibility index (Phi) is 8.32. The average molecular weight is 418 g/mol. The van der Waals surface area contributed by atoms with Crippen LogP contribution in [0.15, 0.2) is 0 Å². The molecule has 0 radical (unpaired) electrons. The SMILES string of the molecule is COc1nn(C)c2nc(C)c(CCC(=O)N(C)C3CCNC3)c(C)c12.Cl.Cl. The second-order valence-electron chi connectivity index (χ2n) is 6.78. The topological polar surface area (TPSA) is 72.3 Å². The molecule has 1 amide bonds. The predicted octanol–water partition coefficient (Wildman–Crippen LogP) is 2.19. The third-order valence-corrected chi connectivity index (χ3v) is 5.28. The predicted molar refractivity (Wildman–Crippen MR) is 111 cm³/mol. The number of methoxy groups -OCH3 is 1. The summed E-state index contributed by atoms with van der Waals surface area (Å²) < 4.78 is 7.14. The molecule has 152 valence electrons. The number of rotatable bonds is 5. The van der Waals surface area contributed by atoms with E-state index in [0.717, 1.165) is 47.4 Å². The smallest absolute Gasteiger partial charge is 0.242 e. The molecule has 3 rings (SSSR count). The van der Waals surface area contributed by atoms with Gasteiger partial charge in [-0.1, -0.05) is 0 Å². The molecule has 3 heterocycles. The first-order valence-corrected chi connectivity index (χ1v) is 8.77. The number of aryl methyl sites for hydroxylation is 3. The summed E-state index contributed by atoms with van der Waals surface area (Å²) >= 11 is 0. The third-order valence-electron chi connectivity index (χ3n) is 5.28. The van der Waals surface area contributed by atoms with Crippen LogP contribution in [0, 0.1) is 13.8 Å². The van der Waals surface area contributed by atoms with Gasteiger partial charge in [-0.2, -0.15) is 0 Å². The lowest BCUT2D eigenvalue weighted by molar-refractivity contribution is -0.131. The van der Waals surface area contributed by atoms with Gasteiger partial charge in [0.25, 0.3) is 0 Å². The summed E-state index contributed by atoms with van der Waals surface area (Å²) in [6.45, 7) is 5.94. The fraction of sp³-hybridized carbons (Fsp3) is 0.611. The number of nitrogens with one attached hydrogen (secondary N) is 1. The second kappa shape index (κ2) is 9.57. The maximum absolute atomic E-state index is 12.6. The molecule has 0 aliphatic carbocycles. The van der Waals surface area contributed by atoms with E-state index in [1.165, 1.54) is 0 Å². The van der Waals surface area contributed by atoms with Crippen molar-refractivity contribution in [1.29, 1.82) is 0 Å². The van der Waals surface area contributed by atoms with Crippen LogP contribution < -0.4 is 10.1 Å². The number of nitrogens with zero attached hydrogens (tertiary/aromatic N) is 4. The minimum atomic E-state index is 0. The van der Waals surface area contributed by atoms with Crippen molar-refractivity contribution >= 4 is 41.8 Å². The maximum atomic E-state index is 12.6. The van der Waals surface area contributed by atoms with E-state index in [-0.39, 0.29) is 30.7 Å². The fourth-order valence-corrected chi connectivity index (χ4v) is 3.69. The largest absolute Gasteiger partial charge is 0.479 e. The van der Waals surface area contributed by atoms with Gasteiger partial charge in [-0.15, -0.1) is 29.9 Å². The lowest BCUT2D eigenvalue weighted by Crippen LogP contribution is -2.38. The van der Waals surface area contributed by atoms with Gasteiger partial charge in [-0.05, 0) is 44.4 Å². The third kappa shape index (κ3) is 4.47. The van der Waals surface area contributed by atoms with Gasteiger partial charge in [0.05, 0.1) is 12.5 Å². The van der Waals surface area contributed by atoms with E-state index >= 15 is 0 Å². The van der Waals surface area contributed by atoms with Gasteiger partial charge in [0, 0.05) is 38.8 Å². The van der Waals surface area contributed by atoms with Gasteiger partial charge in [0.1, 0.15) is 0 Å². The summed E-state index contributed by atoms with van der Waals surface area (Å²) in [6.07, 6.45) is 2.20. The first-order valence-electron chi connectivity index (χ1n) is 8.77. The van der Waals surface area contributed by atoms with Crippen molar-refractivity contribution in [3.05, 3.63) is 16.8 Å². The first kappa shape index (κ1) is 23.5. The number of hydrogen-bond donors (Lipinski definition) is 1. The van der Waals surface area contributed by atoms with Gasteiger partial charge >= 0.3 is 0 Å². The van der Waals surface area contributed by atoms with Crippen LogP contribution in [0.5, 0.6) is 5.88 Å². The van der Waals surface area contributed by atoms with E-state index in [1.54, 1.807) is 11.8 Å². The molecule has 0 spiro atoms. The Morgan fingerprint density at radius 3 is 2.67 bits per heavy atom. The van der Waals surface area contributed by atoms with Crippen molar-refractivity contribution in [2.45, 2.75) is 39.2 Å². The van der Waals surface area contributed by atoms with Crippen LogP contribution >= 0.6 is 24.8 Å². The number of carbonyl (C=O) groups is 1. The number of halogens is 2. The number of likely N-dealkylation sites (N-methyl/N-ethyl adjacent to an activating group) is 1. The molecule has 0 saturated carbocycles. The van der Waals surface area contributed by atoms with Gasteiger partial charge < -0.3 is 15.0 Å². The molecule has 1 fully saturated rings. The minimum Gasteiger partial charge on any atom is -0.479 e. The summed E-state index contributed by atoms with van der Waals surface area (Å²) in [6, 6.07) is 0.314. The summed E-state index contributed by atoms with van der Waals surface area (Å²) in [4.78, 5) is 19.1. The zero-order valence-corrected chi connectivity index (χ0v) is 18.2. The van der Waals surface area contributed by atoms with E-state index in [0.29, 0.717) is 24.8 Å². The molecule has 0 bridgehead atoms. The number of pyridine rings is 1. The monoisotopic (exact) mass is 417 g/mol. The molecule has 0 aromatic carbocycles. The maximum Gasteiger partial charge on any atom is 0.242 e. The summed E-state index contributed by atoms with van der Waals surface area (Å²) in [7, 11) is 5.39. The van der Waals surface area contributed by atoms with Gasteiger partial charge in [0.2, 0.25) is 11.8 Å². The molecule has 1 atom stereocenters. The highest BCUT2D eigenvalue weighted by Crippen LogP contribution is 2.30. The minimum absolute atomic E-state index is 0. The molecule has 2 aromatic heterocycles. The van der Waals surface area contributed by atoms with Gasteiger partial charge in [0.15, 0.2) is 5.65 Å². The second-order valence-corrected chi connectivity index (χ2v) is 6.78. The number of amides is 1. The van der Waals surface area contributed by atoms with Crippen molar-refractivity contribution in [3.8, 4) is 5.88 Å². The highest BCUT2D eigenvalue weighted by molar-refractivity contribution is 5.86. The Hall–Kier alpha value is -1.57. The number of hydrogen-bond acceptors (Lipinski definition) is 5. The van der Waals surface area contributed by atoms with E-state index in [9.17, 15) is 4.79 Å². The molecule has 7 nitrogen and oxygen atoms in total. The quantitative estimate of drug-likeness (QED) is 0.806. The molecular formula is C18H29Cl2N5O2. The molecule has 27 heavy (non-hydrogen) atoms. The highest BCUT2D eigenvalue weighted by Gasteiger charge is 2.24. The molecule has 1 saturated heterocycles. The number of carbonyl (C=O) groups excluding carboxylic acids is 1. The van der Waals surface area contributed by atoms with Crippen LogP contribution in [0.2, 0.25) is 0 Å². The summed E-state index contributed by atoms with van der Waals surface area (Å²) in [5, 5.41) is 8.62. The van der Waals surface area contributed by atoms with Crippen LogP contribution in [-0.4, -0.2) is 58.9 Å². The van der Waals surface area contributed by atoms with Crippen LogP contribution in [0.3, 0.4) is 0 Å². The summed E-state index contributed by atoms with van der Waals surface area (Å²) in [5.74, 6) is 0.773. The number of fused-ring (bicyclic) bond motifs is 1. The Labute approximate surface area is 172 Å². The fourth-order valence-electron chi connectivity index (χ4n) is 3.69. The van der Waals surface area contributed by atoms with Crippen molar-refractivity contribution in [3.63, 3.8) is 0 Å². The van der Waals surface area contributed by atoms with Crippen LogP contribution in [0.25, 0.3) is 11.0 Å². The van der Waals surface area contributed by atoms with E-state index < -0.39 is 0 Å². The van der Waals surface area contributed by atoms with Gasteiger partial charge in [-0.25, -0.2) is 9.67 Å². The van der Waals surface area contributed by atoms with Crippen molar-refractivity contribution in [1.82, 2.24) is 25.0 Å². The number of ether oxygens (including phenoxy) is 1. The summed E-state index contributed by atoms with van der Waals surface area (Å²) in [5.41, 5.74) is 3.99. The standard InChI is InChI=1S/C18H27N5O2.2ClH/c1-11-14(6-7-15(24)22(3)13-8-9-19-10-13)12(2)20-17-16(11)18(25-5)21-23(17)4;;/h13,19H,6-10H2,1-5H3;2*1H. The van der Waals surface area contributed by atoms with E-state index in [4.69, 9.17) is 9.72 Å². The van der Waals surface area contributed by atoms with Crippen molar-refractivity contribution in [2.24, 2.45) is 7.05 Å². The van der Waals surface area contributed by atoms with Gasteiger partial charge in [-0.3, -0.25) is 4.79 Å².